The number of carbonyl (C=O) groups excluding carboxylic acids is 2. The predicted octanol–water partition coefficient (Wildman–Crippen LogP) is 3.79. The van der Waals surface area contributed by atoms with Crippen molar-refractivity contribution in [3.8, 4) is 17.1 Å². The highest BCUT2D eigenvalue weighted by atomic mass is 35.5. The highest BCUT2D eigenvalue weighted by Crippen LogP contribution is 2.23. The minimum atomic E-state index is -0.539. The minimum absolute atomic E-state index is 0.176. The monoisotopic (exact) mass is 410 g/mol. The van der Waals surface area contributed by atoms with Gasteiger partial charge in [-0.3, -0.25) is 9.59 Å². The Labute approximate surface area is 172 Å². The van der Waals surface area contributed by atoms with Crippen LogP contribution in [0.4, 0.5) is 0 Å². The Kier molecular flexibility index (Phi) is 6.71. The number of nitrogens with one attached hydrogen (secondary N) is 1. The van der Waals surface area contributed by atoms with Crippen LogP contribution in [0.2, 0.25) is 5.02 Å². The Bertz CT molecular complexity index is 1010. The number of benzene rings is 2. The van der Waals surface area contributed by atoms with Crippen LogP contribution in [0, 0.1) is 0 Å². The van der Waals surface area contributed by atoms with E-state index in [4.69, 9.17) is 26.5 Å². The predicted molar refractivity (Wildman–Crippen MR) is 111 cm³/mol. The number of carbonyl (C=O) groups is 2. The summed E-state index contributed by atoms with van der Waals surface area (Å²) in [5, 5.41) is 3.43. The van der Waals surface area contributed by atoms with Gasteiger partial charge in [0, 0.05) is 16.7 Å². The Morgan fingerprint density at radius 1 is 1.03 bits per heavy atom. The first-order chi connectivity index (χ1) is 14.0. The number of amides is 2. The third-order valence-corrected chi connectivity index (χ3v) is 4.17. The largest absolute Gasteiger partial charge is 0.484 e. The van der Waals surface area contributed by atoms with E-state index in [-0.39, 0.29) is 19.1 Å². The average Bonchev–Trinajstić information content (AvgIpc) is 3.19. The van der Waals surface area contributed by atoms with Crippen molar-refractivity contribution in [3.05, 3.63) is 83.1 Å². The first-order valence-corrected chi connectivity index (χ1v) is 9.19. The van der Waals surface area contributed by atoms with Crippen molar-refractivity contribution in [2.45, 2.75) is 6.54 Å². The molecule has 2 aromatic carbocycles. The van der Waals surface area contributed by atoms with E-state index in [0.29, 0.717) is 22.3 Å². The second-order valence-corrected chi connectivity index (χ2v) is 6.58. The number of primary amides is 1. The Balaban J connectivity index is 1.49. The molecule has 1 aromatic heterocycles. The number of furan rings is 1. The number of rotatable bonds is 8. The number of ether oxygens (including phenoxy) is 1. The molecule has 0 bridgehead atoms. The van der Waals surface area contributed by atoms with Gasteiger partial charge in [0.05, 0.1) is 6.54 Å². The quantitative estimate of drug-likeness (QED) is 0.552. The molecule has 0 spiro atoms. The first kappa shape index (κ1) is 20.2. The molecule has 0 fully saturated rings. The molecular weight excluding hydrogens is 392 g/mol. The van der Waals surface area contributed by atoms with Crippen molar-refractivity contribution >= 4 is 29.5 Å². The third kappa shape index (κ3) is 6.26. The highest BCUT2D eigenvalue weighted by molar-refractivity contribution is 6.30. The van der Waals surface area contributed by atoms with Gasteiger partial charge in [0.15, 0.2) is 6.61 Å². The van der Waals surface area contributed by atoms with Crippen molar-refractivity contribution in [3.63, 3.8) is 0 Å². The highest BCUT2D eigenvalue weighted by Gasteiger charge is 2.06. The van der Waals surface area contributed by atoms with Crippen molar-refractivity contribution in [1.29, 1.82) is 0 Å². The van der Waals surface area contributed by atoms with Crippen LogP contribution in [0.15, 0.2) is 71.2 Å². The van der Waals surface area contributed by atoms with E-state index >= 15 is 0 Å². The molecule has 1 heterocycles. The van der Waals surface area contributed by atoms with Gasteiger partial charge < -0.3 is 20.2 Å². The molecule has 6 nitrogen and oxygen atoms in total. The van der Waals surface area contributed by atoms with Crippen molar-refractivity contribution in [1.82, 2.24) is 5.32 Å². The normalized spacial score (nSPS) is 10.8. The van der Waals surface area contributed by atoms with E-state index in [1.165, 1.54) is 6.08 Å². The summed E-state index contributed by atoms with van der Waals surface area (Å²) < 4.78 is 10.9. The van der Waals surface area contributed by atoms with Crippen LogP contribution in [-0.4, -0.2) is 18.4 Å². The van der Waals surface area contributed by atoms with E-state index in [1.54, 1.807) is 42.5 Å². The van der Waals surface area contributed by atoms with E-state index in [0.717, 1.165) is 11.1 Å². The molecular formula is C22H19ClN2O4. The molecule has 148 valence electrons. The van der Waals surface area contributed by atoms with Crippen molar-refractivity contribution in [2.24, 2.45) is 5.73 Å². The number of nitrogens with two attached hydrogens (primary N) is 1. The molecule has 3 N–H and O–H groups in total. The molecule has 29 heavy (non-hydrogen) atoms. The molecule has 7 heteroatoms. The lowest BCUT2D eigenvalue weighted by atomic mass is 10.2. The van der Waals surface area contributed by atoms with Crippen LogP contribution in [0.5, 0.6) is 5.75 Å². The van der Waals surface area contributed by atoms with Gasteiger partial charge in [-0.15, -0.1) is 0 Å². The zero-order chi connectivity index (χ0) is 20.6. The van der Waals surface area contributed by atoms with Crippen LogP contribution in [0.1, 0.15) is 11.3 Å². The van der Waals surface area contributed by atoms with Gasteiger partial charge in [-0.2, -0.15) is 0 Å². The maximum Gasteiger partial charge on any atom is 0.255 e. The van der Waals surface area contributed by atoms with E-state index in [1.807, 2.05) is 24.3 Å². The molecule has 0 saturated heterocycles. The summed E-state index contributed by atoms with van der Waals surface area (Å²) in [6.45, 7) is 0.0980. The van der Waals surface area contributed by atoms with Crippen LogP contribution in [0.3, 0.4) is 0 Å². The summed E-state index contributed by atoms with van der Waals surface area (Å²) in [4.78, 5) is 22.7. The molecule has 0 saturated carbocycles. The van der Waals surface area contributed by atoms with E-state index in [9.17, 15) is 9.59 Å². The molecule has 0 aliphatic rings. The summed E-state index contributed by atoms with van der Waals surface area (Å²) in [6.07, 6.45) is 3.11. The summed E-state index contributed by atoms with van der Waals surface area (Å²) >= 11 is 5.89. The number of halogens is 1. The Morgan fingerprint density at radius 2 is 1.76 bits per heavy atom. The standard InChI is InChI=1S/C22H19ClN2O4/c23-17-6-4-16(5-7-17)20-11-10-19(29-20)13-25-22(27)12-3-15-1-8-18(9-2-15)28-14-21(24)26/h1-12H,13-14H2,(H2,24,26)(H,25,27)/b12-3+. The molecule has 0 aliphatic heterocycles. The lowest BCUT2D eigenvalue weighted by Gasteiger charge is -2.03. The lowest BCUT2D eigenvalue weighted by molar-refractivity contribution is -0.120. The maximum atomic E-state index is 12.0. The van der Waals surface area contributed by atoms with Gasteiger partial charge in [0.1, 0.15) is 17.3 Å². The van der Waals surface area contributed by atoms with E-state index in [2.05, 4.69) is 5.32 Å². The van der Waals surface area contributed by atoms with Gasteiger partial charge in [0.2, 0.25) is 5.91 Å². The van der Waals surface area contributed by atoms with Gasteiger partial charge in [0.25, 0.3) is 5.91 Å². The topological polar surface area (TPSA) is 94.6 Å². The van der Waals surface area contributed by atoms with Crippen LogP contribution in [-0.2, 0) is 16.1 Å². The Morgan fingerprint density at radius 3 is 2.45 bits per heavy atom. The summed E-state index contributed by atoms with van der Waals surface area (Å²) in [5.41, 5.74) is 6.75. The molecule has 2 amide bonds. The summed E-state index contributed by atoms with van der Waals surface area (Å²) in [5.74, 6) is 1.10. The second kappa shape index (κ2) is 9.61. The number of hydrogen-bond donors (Lipinski definition) is 2. The zero-order valence-electron chi connectivity index (χ0n) is 15.4. The fraction of sp³-hybridized carbons (Fsp3) is 0.0909. The fourth-order valence-corrected chi connectivity index (χ4v) is 2.60. The fourth-order valence-electron chi connectivity index (χ4n) is 2.48. The summed E-state index contributed by atoms with van der Waals surface area (Å²) in [6, 6.07) is 17.9. The molecule has 0 unspecified atom stereocenters. The van der Waals surface area contributed by atoms with Crippen LogP contribution >= 0.6 is 11.6 Å². The number of hydrogen-bond acceptors (Lipinski definition) is 4. The SMILES string of the molecule is NC(=O)COc1ccc(/C=C/C(=O)NCc2ccc(-c3ccc(Cl)cc3)o2)cc1. The Hall–Kier alpha value is -3.51. The van der Waals surface area contributed by atoms with Crippen LogP contribution in [0.25, 0.3) is 17.4 Å². The molecule has 0 radical (unpaired) electrons. The first-order valence-electron chi connectivity index (χ1n) is 8.81. The molecule has 3 aromatic rings. The summed E-state index contributed by atoms with van der Waals surface area (Å²) in [7, 11) is 0. The minimum Gasteiger partial charge on any atom is -0.484 e. The second-order valence-electron chi connectivity index (χ2n) is 6.15. The van der Waals surface area contributed by atoms with Gasteiger partial charge >= 0.3 is 0 Å². The smallest absolute Gasteiger partial charge is 0.255 e. The van der Waals surface area contributed by atoms with Gasteiger partial charge in [-0.05, 0) is 60.2 Å². The van der Waals surface area contributed by atoms with Crippen molar-refractivity contribution < 1.29 is 18.7 Å². The molecule has 0 aliphatic carbocycles. The lowest BCUT2D eigenvalue weighted by Crippen LogP contribution is -2.20. The van der Waals surface area contributed by atoms with Gasteiger partial charge in [-0.25, -0.2) is 0 Å². The van der Waals surface area contributed by atoms with Crippen molar-refractivity contribution in [2.75, 3.05) is 6.61 Å². The molecule has 0 atom stereocenters. The average molecular weight is 411 g/mol. The maximum absolute atomic E-state index is 12.0. The van der Waals surface area contributed by atoms with E-state index < -0.39 is 5.91 Å². The van der Waals surface area contributed by atoms with Gasteiger partial charge in [-0.1, -0.05) is 23.7 Å². The third-order valence-electron chi connectivity index (χ3n) is 3.92. The van der Waals surface area contributed by atoms with Crippen LogP contribution < -0.4 is 15.8 Å². The zero-order valence-corrected chi connectivity index (χ0v) is 16.2. The molecule has 3 rings (SSSR count).